The first-order valence-corrected chi connectivity index (χ1v) is 6.62. The summed E-state index contributed by atoms with van der Waals surface area (Å²) >= 11 is 3.34. The Hall–Kier alpha value is -1.69. The number of aromatic nitrogens is 2. The lowest BCUT2D eigenvalue weighted by atomic mass is 10.1. The maximum atomic E-state index is 12.8. The van der Waals surface area contributed by atoms with Gasteiger partial charge in [-0.15, -0.1) is 0 Å². The third-order valence-corrected chi connectivity index (χ3v) is 3.44. The van der Waals surface area contributed by atoms with Gasteiger partial charge >= 0.3 is 0 Å². The molecule has 0 bridgehead atoms. The van der Waals surface area contributed by atoms with E-state index in [0.29, 0.717) is 16.1 Å². The number of benzene rings is 1. The Bertz CT molecular complexity index is 559. The molecule has 0 aliphatic carbocycles. The second kappa shape index (κ2) is 5.97. The van der Waals surface area contributed by atoms with Crippen molar-refractivity contribution in [3.05, 3.63) is 46.4 Å². The van der Waals surface area contributed by atoms with E-state index in [4.69, 9.17) is 5.73 Å². The monoisotopic (exact) mass is 324 g/mol. The normalized spacial score (nSPS) is 12.2. The van der Waals surface area contributed by atoms with Crippen molar-refractivity contribution < 1.29 is 4.39 Å². The van der Waals surface area contributed by atoms with E-state index < -0.39 is 0 Å². The van der Waals surface area contributed by atoms with Gasteiger partial charge in [0.25, 0.3) is 0 Å². The molecule has 2 rings (SSSR count). The average molecular weight is 325 g/mol. The summed E-state index contributed by atoms with van der Waals surface area (Å²) in [6.07, 6.45) is 2.17. The molecule has 3 N–H and O–H groups in total. The summed E-state index contributed by atoms with van der Waals surface area (Å²) in [6.45, 7) is 2.02. The van der Waals surface area contributed by atoms with E-state index in [1.165, 1.54) is 18.5 Å². The number of hydrogen-bond donors (Lipinski definition) is 2. The number of nitrogens with two attached hydrogens (primary N) is 1. The van der Waals surface area contributed by atoms with Gasteiger partial charge in [0.1, 0.15) is 28.3 Å². The zero-order valence-electron chi connectivity index (χ0n) is 10.4. The van der Waals surface area contributed by atoms with E-state index in [-0.39, 0.29) is 11.9 Å². The Kier molecular flexibility index (Phi) is 4.31. The van der Waals surface area contributed by atoms with E-state index in [1.807, 2.05) is 6.92 Å². The SMILES string of the molecule is CC(Cc1ccc(F)cc1)Nc1ncnc(N)c1Br. The van der Waals surface area contributed by atoms with Gasteiger partial charge in [-0.2, -0.15) is 0 Å². The molecule has 1 aromatic carbocycles. The van der Waals surface area contributed by atoms with Gasteiger partial charge in [-0.05, 0) is 47.0 Å². The molecule has 0 fully saturated rings. The van der Waals surface area contributed by atoms with Crippen molar-refractivity contribution in [1.29, 1.82) is 0 Å². The molecular formula is C13H14BrFN4. The zero-order chi connectivity index (χ0) is 13.8. The van der Waals surface area contributed by atoms with Crippen molar-refractivity contribution >= 4 is 27.6 Å². The van der Waals surface area contributed by atoms with Crippen LogP contribution in [0.5, 0.6) is 0 Å². The number of halogens is 2. The highest BCUT2D eigenvalue weighted by Gasteiger charge is 2.09. The van der Waals surface area contributed by atoms with Crippen LogP contribution in [-0.2, 0) is 6.42 Å². The molecule has 2 aromatic rings. The summed E-state index contributed by atoms with van der Waals surface area (Å²) in [6, 6.07) is 6.60. The minimum absolute atomic E-state index is 0.135. The lowest BCUT2D eigenvalue weighted by molar-refractivity contribution is 0.626. The van der Waals surface area contributed by atoms with Gasteiger partial charge in [-0.3, -0.25) is 0 Å². The Morgan fingerprint density at radius 1 is 1.32 bits per heavy atom. The molecule has 0 spiro atoms. The fourth-order valence-corrected chi connectivity index (χ4v) is 2.06. The first-order chi connectivity index (χ1) is 9.06. The van der Waals surface area contributed by atoms with Gasteiger partial charge in [0.05, 0.1) is 0 Å². The summed E-state index contributed by atoms with van der Waals surface area (Å²) in [5, 5.41) is 3.24. The van der Waals surface area contributed by atoms with E-state index >= 15 is 0 Å². The molecule has 0 radical (unpaired) electrons. The third kappa shape index (κ3) is 3.64. The number of nitrogens with zero attached hydrogens (tertiary/aromatic N) is 2. The Balaban J connectivity index is 2.03. The van der Waals surface area contributed by atoms with Crippen LogP contribution < -0.4 is 11.1 Å². The molecule has 0 amide bonds. The van der Waals surface area contributed by atoms with Crippen molar-refractivity contribution in [2.24, 2.45) is 0 Å². The van der Waals surface area contributed by atoms with Crippen LogP contribution in [0.3, 0.4) is 0 Å². The summed E-state index contributed by atoms with van der Waals surface area (Å²) in [7, 11) is 0. The topological polar surface area (TPSA) is 63.8 Å². The minimum Gasteiger partial charge on any atom is -0.383 e. The summed E-state index contributed by atoms with van der Waals surface area (Å²) in [5.74, 6) is 0.823. The maximum absolute atomic E-state index is 12.8. The first-order valence-electron chi connectivity index (χ1n) is 5.83. The Labute approximate surface area is 119 Å². The molecular weight excluding hydrogens is 311 g/mol. The highest BCUT2D eigenvalue weighted by molar-refractivity contribution is 9.10. The lowest BCUT2D eigenvalue weighted by Gasteiger charge is -2.15. The Morgan fingerprint density at radius 2 is 2.00 bits per heavy atom. The maximum Gasteiger partial charge on any atom is 0.146 e. The molecule has 6 heteroatoms. The van der Waals surface area contributed by atoms with Crippen LogP contribution in [0.4, 0.5) is 16.0 Å². The number of hydrogen-bond acceptors (Lipinski definition) is 4. The van der Waals surface area contributed by atoms with Gasteiger partial charge in [0, 0.05) is 6.04 Å². The van der Waals surface area contributed by atoms with Gasteiger partial charge in [0.2, 0.25) is 0 Å². The molecule has 4 nitrogen and oxygen atoms in total. The van der Waals surface area contributed by atoms with E-state index in [9.17, 15) is 4.39 Å². The second-order valence-corrected chi connectivity index (χ2v) is 5.09. The quantitative estimate of drug-likeness (QED) is 0.907. The van der Waals surface area contributed by atoms with Crippen LogP contribution in [0.15, 0.2) is 35.1 Å². The molecule has 1 atom stereocenters. The molecule has 0 saturated carbocycles. The molecule has 0 saturated heterocycles. The molecule has 1 aromatic heterocycles. The average Bonchev–Trinajstić information content (AvgIpc) is 2.38. The summed E-state index contributed by atoms with van der Waals surface area (Å²) < 4.78 is 13.5. The number of anilines is 2. The van der Waals surface area contributed by atoms with Crippen molar-refractivity contribution in [3.63, 3.8) is 0 Å². The number of nitrogen functional groups attached to an aromatic ring is 1. The van der Waals surface area contributed by atoms with Crippen molar-refractivity contribution in [2.75, 3.05) is 11.1 Å². The van der Waals surface area contributed by atoms with Crippen LogP contribution in [0, 0.1) is 5.82 Å². The van der Waals surface area contributed by atoms with E-state index in [2.05, 4.69) is 31.2 Å². The van der Waals surface area contributed by atoms with E-state index in [1.54, 1.807) is 12.1 Å². The molecule has 1 unspecified atom stereocenters. The number of nitrogens with one attached hydrogen (secondary N) is 1. The van der Waals surface area contributed by atoms with Crippen LogP contribution in [0.25, 0.3) is 0 Å². The van der Waals surface area contributed by atoms with Gasteiger partial charge in [-0.25, -0.2) is 14.4 Å². The minimum atomic E-state index is -0.226. The zero-order valence-corrected chi connectivity index (χ0v) is 12.0. The first kappa shape index (κ1) is 13.7. The standard InChI is InChI=1S/C13H14BrFN4/c1-8(6-9-2-4-10(15)5-3-9)19-13-11(14)12(16)17-7-18-13/h2-5,7-8H,6H2,1H3,(H3,16,17,18,19). The second-order valence-electron chi connectivity index (χ2n) is 4.30. The highest BCUT2D eigenvalue weighted by atomic mass is 79.9. The molecule has 100 valence electrons. The predicted octanol–water partition coefficient (Wildman–Crippen LogP) is 3.00. The van der Waals surface area contributed by atoms with Gasteiger partial charge in [0.15, 0.2) is 0 Å². The highest BCUT2D eigenvalue weighted by Crippen LogP contribution is 2.24. The summed E-state index contributed by atoms with van der Waals surface area (Å²) in [4.78, 5) is 8.00. The van der Waals surface area contributed by atoms with Crippen LogP contribution >= 0.6 is 15.9 Å². The number of rotatable bonds is 4. The smallest absolute Gasteiger partial charge is 0.146 e. The van der Waals surface area contributed by atoms with Crippen molar-refractivity contribution in [2.45, 2.75) is 19.4 Å². The third-order valence-electron chi connectivity index (χ3n) is 2.65. The van der Waals surface area contributed by atoms with Gasteiger partial charge < -0.3 is 11.1 Å². The fourth-order valence-electron chi connectivity index (χ4n) is 1.74. The van der Waals surface area contributed by atoms with Gasteiger partial charge in [-0.1, -0.05) is 12.1 Å². The largest absolute Gasteiger partial charge is 0.383 e. The predicted molar refractivity (Wildman–Crippen MR) is 77.3 cm³/mol. The van der Waals surface area contributed by atoms with E-state index in [0.717, 1.165) is 12.0 Å². The van der Waals surface area contributed by atoms with Crippen LogP contribution in [0.1, 0.15) is 12.5 Å². The lowest BCUT2D eigenvalue weighted by Crippen LogP contribution is -2.19. The van der Waals surface area contributed by atoms with Crippen LogP contribution in [0.2, 0.25) is 0 Å². The molecule has 19 heavy (non-hydrogen) atoms. The molecule has 0 aliphatic heterocycles. The molecule has 0 aliphatic rings. The van der Waals surface area contributed by atoms with Crippen molar-refractivity contribution in [1.82, 2.24) is 9.97 Å². The van der Waals surface area contributed by atoms with Crippen molar-refractivity contribution in [3.8, 4) is 0 Å². The molecule has 1 heterocycles. The summed E-state index contributed by atoms with van der Waals surface area (Å²) in [5.41, 5.74) is 6.74. The van der Waals surface area contributed by atoms with Crippen LogP contribution in [-0.4, -0.2) is 16.0 Å². The Morgan fingerprint density at radius 3 is 2.68 bits per heavy atom. The fraction of sp³-hybridized carbons (Fsp3) is 0.231.